The number of carbonyl (C=O) groups is 1. The Labute approximate surface area is 192 Å². The number of ether oxygens (including phenoxy) is 1. The number of amides is 1. The fraction of sp³-hybridized carbons (Fsp3) is 0.364. The predicted octanol–water partition coefficient (Wildman–Crippen LogP) is 5.27. The van der Waals surface area contributed by atoms with Gasteiger partial charge in [-0.15, -0.1) is 0 Å². The van der Waals surface area contributed by atoms with Crippen molar-refractivity contribution in [3.05, 3.63) is 62.5 Å². The molecule has 4 rings (SSSR count). The maximum Gasteiger partial charge on any atom is 0.433 e. The van der Waals surface area contributed by atoms with Gasteiger partial charge < -0.3 is 14.2 Å². The Morgan fingerprint density at radius 3 is 2.53 bits per heavy atom. The van der Waals surface area contributed by atoms with E-state index in [4.69, 9.17) is 27.9 Å². The average Bonchev–Trinajstić information content (AvgIpc) is 3.07. The molecule has 3 heterocycles. The molecule has 2 aromatic heterocycles. The molecular formula is C22H20Cl2F3N3O2. The van der Waals surface area contributed by atoms with Crippen molar-refractivity contribution in [1.82, 2.24) is 14.5 Å². The van der Waals surface area contributed by atoms with Crippen LogP contribution in [0.4, 0.5) is 13.2 Å². The second-order valence-corrected chi connectivity index (χ2v) is 8.47. The maximum atomic E-state index is 13.2. The van der Waals surface area contributed by atoms with Crippen LogP contribution >= 0.6 is 23.2 Å². The normalized spacial score (nSPS) is 14.9. The van der Waals surface area contributed by atoms with E-state index < -0.39 is 11.9 Å². The molecule has 0 bridgehead atoms. The minimum atomic E-state index is -4.54. The number of carbonyl (C=O) groups excluding carboxylic acids is 1. The summed E-state index contributed by atoms with van der Waals surface area (Å²) in [6.07, 6.45) is -4.29. The highest BCUT2D eigenvalue weighted by molar-refractivity contribution is 6.38. The van der Waals surface area contributed by atoms with Gasteiger partial charge in [-0.1, -0.05) is 23.2 Å². The molecule has 10 heteroatoms. The third kappa shape index (κ3) is 4.19. The van der Waals surface area contributed by atoms with Crippen molar-refractivity contribution in [2.45, 2.75) is 19.5 Å². The van der Waals surface area contributed by atoms with Crippen molar-refractivity contribution in [3.63, 3.8) is 0 Å². The van der Waals surface area contributed by atoms with Gasteiger partial charge in [-0.25, -0.2) is 4.98 Å². The zero-order valence-corrected chi connectivity index (χ0v) is 18.9. The van der Waals surface area contributed by atoms with Gasteiger partial charge >= 0.3 is 6.18 Å². The van der Waals surface area contributed by atoms with Gasteiger partial charge in [0.05, 0.1) is 29.3 Å². The zero-order valence-electron chi connectivity index (χ0n) is 17.4. The minimum absolute atomic E-state index is 0.205. The highest BCUT2D eigenvalue weighted by Gasteiger charge is 2.33. The van der Waals surface area contributed by atoms with Crippen molar-refractivity contribution < 1.29 is 22.7 Å². The van der Waals surface area contributed by atoms with Crippen LogP contribution in [0.15, 0.2) is 24.3 Å². The number of nitrogens with zero attached hydrogens (tertiary/aromatic N) is 3. The largest absolute Gasteiger partial charge is 0.433 e. The predicted molar refractivity (Wildman–Crippen MR) is 116 cm³/mol. The Hall–Kier alpha value is -2.29. The molecule has 0 radical (unpaired) electrons. The van der Waals surface area contributed by atoms with E-state index >= 15 is 0 Å². The molecule has 0 aliphatic carbocycles. The molecule has 0 spiro atoms. The molecule has 0 N–H and O–H groups in total. The number of rotatable bonds is 3. The van der Waals surface area contributed by atoms with Crippen LogP contribution in [-0.2, 0) is 24.4 Å². The summed E-state index contributed by atoms with van der Waals surface area (Å²) in [5.74, 6) is -0.205. The lowest BCUT2D eigenvalue weighted by Crippen LogP contribution is -2.40. The first kappa shape index (κ1) is 22.9. The fourth-order valence-corrected chi connectivity index (χ4v) is 4.48. The van der Waals surface area contributed by atoms with Crippen LogP contribution in [0.3, 0.4) is 0 Å². The Balaban J connectivity index is 1.73. The van der Waals surface area contributed by atoms with Gasteiger partial charge in [0.25, 0.3) is 5.91 Å². The topological polar surface area (TPSA) is 47.4 Å². The standard InChI is InChI=1S/C22H20Cl2F3N3O2/c1-12-15-9-13(29(2)18(15)11-19(28-12)22(25,26)27)10-16-17(23)4-3-14(20(16)24)21(31)30-5-7-32-8-6-30/h3-4,9,11H,5-8,10H2,1-2H3. The van der Waals surface area contributed by atoms with E-state index in [0.717, 1.165) is 6.07 Å². The summed E-state index contributed by atoms with van der Waals surface area (Å²) in [5, 5.41) is 1.23. The summed E-state index contributed by atoms with van der Waals surface area (Å²) in [6.45, 7) is 3.43. The molecule has 1 aromatic carbocycles. The van der Waals surface area contributed by atoms with Crippen LogP contribution in [0, 0.1) is 6.92 Å². The SMILES string of the molecule is Cc1nc(C(F)(F)F)cc2c1cc(Cc1c(Cl)ccc(C(=O)N3CCOCC3)c1Cl)n2C. The molecule has 1 aliphatic rings. The van der Waals surface area contributed by atoms with Crippen molar-refractivity contribution in [2.75, 3.05) is 26.3 Å². The number of halogens is 5. The number of aromatic nitrogens is 2. The summed E-state index contributed by atoms with van der Waals surface area (Å²) >= 11 is 13.0. The van der Waals surface area contributed by atoms with E-state index in [1.807, 2.05) is 0 Å². The van der Waals surface area contributed by atoms with Crippen LogP contribution in [0.5, 0.6) is 0 Å². The second-order valence-electron chi connectivity index (χ2n) is 7.69. The molecule has 1 aliphatic heterocycles. The number of alkyl halides is 3. The van der Waals surface area contributed by atoms with Crippen molar-refractivity contribution in [1.29, 1.82) is 0 Å². The highest BCUT2D eigenvalue weighted by Crippen LogP contribution is 2.35. The van der Waals surface area contributed by atoms with E-state index in [0.29, 0.717) is 59.0 Å². The van der Waals surface area contributed by atoms with Crippen molar-refractivity contribution in [2.24, 2.45) is 7.05 Å². The molecule has 170 valence electrons. The smallest absolute Gasteiger partial charge is 0.378 e. The minimum Gasteiger partial charge on any atom is -0.378 e. The number of aryl methyl sites for hydroxylation is 2. The monoisotopic (exact) mass is 485 g/mol. The second kappa shape index (κ2) is 8.57. The molecular weight excluding hydrogens is 466 g/mol. The van der Waals surface area contributed by atoms with Crippen LogP contribution in [0.2, 0.25) is 10.0 Å². The molecule has 1 fully saturated rings. The van der Waals surface area contributed by atoms with E-state index in [-0.39, 0.29) is 23.0 Å². The summed E-state index contributed by atoms with van der Waals surface area (Å²) in [4.78, 5) is 18.3. The summed E-state index contributed by atoms with van der Waals surface area (Å²) in [7, 11) is 1.68. The molecule has 32 heavy (non-hydrogen) atoms. The lowest BCUT2D eigenvalue weighted by atomic mass is 10.0. The molecule has 3 aromatic rings. The number of hydrogen-bond donors (Lipinski definition) is 0. The van der Waals surface area contributed by atoms with Gasteiger partial charge in [-0.2, -0.15) is 13.2 Å². The van der Waals surface area contributed by atoms with Gasteiger partial charge in [0, 0.05) is 48.4 Å². The highest BCUT2D eigenvalue weighted by atomic mass is 35.5. The number of benzene rings is 1. The molecule has 5 nitrogen and oxygen atoms in total. The molecule has 0 atom stereocenters. The third-order valence-corrected chi connectivity index (χ3v) is 6.48. The van der Waals surface area contributed by atoms with E-state index in [2.05, 4.69) is 4.98 Å². The number of morpholine rings is 1. The lowest BCUT2D eigenvalue weighted by molar-refractivity contribution is -0.141. The quantitative estimate of drug-likeness (QED) is 0.507. The molecule has 1 saturated heterocycles. The Kier molecular flexibility index (Phi) is 6.13. The summed E-state index contributed by atoms with van der Waals surface area (Å²) in [6, 6.07) is 6.03. The van der Waals surface area contributed by atoms with Gasteiger partial charge in [-0.05, 0) is 36.8 Å². The van der Waals surface area contributed by atoms with Crippen LogP contribution < -0.4 is 0 Å². The number of fused-ring (bicyclic) bond motifs is 1. The first-order valence-electron chi connectivity index (χ1n) is 9.95. The zero-order chi connectivity index (χ0) is 23.2. The summed E-state index contributed by atoms with van der Waals surface area (Å²) < 4.78 is 46.6. The first-order valence-corrected chi connectivity index (χ1v) is 10.7. The lowest BCUT2D eigenvalue weighted by Gasteiger charge is -2.27. The molecule has 0 unspecified atom stereocenters. The van der Waals surface area contributed by atoms with Crippen molar-refractivity contribution >= 4 is 40.0 Å². The Morgan fingerprint density at radius 2 is 1.88 bits per heavy atom. The summed E-state index contributed by atoms with van der Waals surface area (Å²) in [5.41, 5.74) is 1.33. The number of hydrogen-bond acceptors (Lipinski definition) is 3. The van der Waals surface area contributed by atoms with E-state index in [9.17, 15) is 18.0 Å². The van der Waals surface area contributed by atoms with Crippen LogP contribution in [0.25, 0.3) is 10.9 Å². The Morgan fingerprint density at radius 1 is 1.19 bits per heavy atom. The first-order chi connectivity index (χ1) is 15.1. The van der Waals surface area contributed by atoms with Crippen molar-refractivity contribution in [3.8, 4) is 0 Å². The molecule has 0 saturated carbocycles. The van der Waals surface area contributed by atoms with Gasteiger partial charge in [0.1, 0.15) is 5.69 Å². The number of pyridine rings is 1. The third-order valence-electron chi connectivity index (χ3n) is 5.69. The Bertz CT molecular complexity index is 1200. The van der Waals surface area contributed by atoms with Crippen LogP contribution in [0.1, 0.15) is 33.0 Å². The molecule has 1 amide bonds. The van der Waals surface area contributed by atoms with Gasteiger partial charge in [-0.3, -0.25) is 4.79 Å². The van der Waals surface area contributed by atoms with E-state index in [1.165, 1.54) is 0 Å². The van der Waals surface area contributed by atoms with Crippen LogP contribution in [-0.4, -0.2) is 46.7 Å². The fourth-order valence-electron chi connectivity index (χ4n) is 3.90. The van der Waals surface area contributed by atoms with Gasteiger partial charge in [0.2, 0.25) is 0 Å². The van der Waals surface area contributed by atoms with Gasteiger partial charge in [0.15, 0.2) is 0 Å². The maximum absolute atomic E-state index is 13.2. The van der Waals surface area contributed by atoms with E-state index in [1.54, 1.807) is 41.6 Å². The average molecular weight is 486 g/mol.